The lowest BCUT2D eigenvalue weighted by atomic mass is 10.00. The fourth-order valence-corrected chi connectivity index (χ4v) is 5.63. The lowest BCUT2D eigenvalue weighted by Crippen LogP contribution is -2.60. The Morgan fingerprint density at radius 2 is 1.67 bits per heavy atom. The number of rotatable bonds is 21. The molecule has 20 nitrogen and oxygen atoms in total. The van der Waals surface area contributed by atoms with Gasteiger partial charge in [0, 0.05) is 19.5 Å². The van der Waals surface area contributed by atoms with Crippen molar-refractivity contribution in [2.45, 2.75) is 82.2 Å². The second-order valence-electron chi connectivity index (χ2n) is 12.5. The van der Waals surface area contributed by atoms with E-state index in [1.165, 1.54) is 0 Å². The van der Waals surface area contributed by atoms with Gasteiger partial charge >= 0.3 is 7.82 Å². The van der Waals surface area contributed by atoms with Crippen molar-refractivity contribution >= 4 is 49.6 Å². The second-order valence-corrected chi connectivity index (χ2v) is 13.7. The molecule has 1 fully saturated rings. The van der Waals surface area contributed by atoms with E-state index < -0.39 is 92.7 Å². The molecule has 0 aliphatic carbocycles. The van der Waals surface area contributed by atoms with Crippen molar-refractivity contribution in [2.75, 3.05) is 26.3 Å². The number of amides is 5. The van der Waals surface area contributed by atoms with Gasteiger partial charge in [0.25, 0.3) is 0 Å². The predicted molar refractivity (Wildman–Crippen MR) is 186 cm³/mol. The first-order chi connectivity index (χ1) is 24.5. The minimum Gasteiger partial charge on any atom is -0.394 e. The zero-order valence-electron chi connectivity index (χ0n) is 29.1. The van der Waals surface area contributed by atoms with Crippen molar-refractivity contribution in [3.63, 3.8) is 0 Å². The Balaban J connectivity index is 2.23. The normalized spacial score (nSPS) is 17.2. The van der Waals surface area contributed by atoms with Gasteiger partial charge in [-0.1, -0.05) is 44.2 Å². The van der Waals surface area contributed by atoms with Crippen LogP contribution in [0.25, 0.3) is 0 Å². The van der Waals surface area contributed by atoms with Gasteiger partial charge in [0.15, 0.2) is 5.96 Å². The van der Waals surface area contributed by atoms with E-state index in [1.54, 1.807) is 44.2 Å². The van der Waals surface area contributed by atoms with Crippen LogP contribution in [-0.2, 0) is 44.3 Å². The summed E-state index contributed by atoms with van der Waals surface area (Å²) >= 11 is 0. The van der Waals surface area contributed by atoms with Crippen molar-refractivity contribution < 1.29 is 52.7 Å². The van der Waals surface area contributed by atoms with Crippen LogP contribution in [0.3, 0.4) is 0 Å². The van der Waals surface area contributed by atoms with Crippen molar-refractivity contribution in [2.24, 2.45) is 28.1 Å². The molecule has 290 valence electrons. The van der Waals surface area contributed by atoms with E-state index in [0.29, 0.717) is 24.7 Å². The molecule has 1 aliphatic rings. The number of carbonyl (C=O) groups is 6. The number of nitrogens with two attached hydrogens (primary N) is 3. The number of aliphatic hydroxyl groups excluding tert-OH is 1. The van der Waals surface area contributed by atoms with Crippen LogP contribution in [0.15, 0.2) is 35.3 Å². The zero-order valence-corrected chi connectivity index (χ0v) is 29.9. The van der Waals surface area contributed by atoms with Gasteiger partial charge in [-0.25, -0.2) is 4.57 Å². The molecule has 1 heterocycles. The maximum absolute atomic E-state index is 13.7. The number of nitrogens with zero attached hydrogens (tertiary/aromatic N) is 2. The highest BCUT2D eigenvalue weighted by Gasteiger charge is 2.40. The standard InChI is InChI=1S/C31H50N9O11P/c1-18(2)25(29(46)37-22(14-19-8-4-3-5-9-19)27(44)36-20(15-41)16-42)39-28(45)24-11-7-13-40(24)30(47)23(17-51-52(48,49)50)38-26(43)21(32)10-6-12-35-31(33)34/h3-5,8-9,15,18,20-25,42H,6-7,10-14,16-17,32H2,1-2H3,(H,36,44)(H,37,46)(H,38,43)(H,39,45)(H4,33,34,35)(H2,48,49,50)/t20-,21+,22+,23+,24+,25+/m1/s1. The van der Waals surface area contributed by atoms with E-state index in [0.717, 1.165) is 4.90 Å². The van der Waals surface area contributed by atoms with E-state index in [1.807, 2.05) is 0 Å². The van der Waals surface area contributed by atoms with Crippen LogP contribution in [-0.4, -0.2) is 124 Å². The summed E-state index contributed by atoms with van der Waals surface area (Å²) in [6, 6.07) is 1.13. The predicted octanol–water partition coefficient (Wildman–Crippen LogP) is -3.50. The largest absolute Gasteiger partial charge is 0.469 e. The van der Waals surface area contributed by atoms with E-state index in [2.05, 4.69) is 30.8 Å². The minimum absolute atomic E-state index is 0.0167. The van der Waals surface area contributed by atoms with Gasteiger partial charge < -0.3 is 63.1 Å². The summed E-state index contributed by atoms with van der Waals surface area (Å²) < 4.78 is 16.0. The molecule has 0 radical (unpaired) electrons. The fourth-order valence-electron chi connectivity index (χ4n) is 5.29. The average molecular weight is 756 g/mol. The molecule has 1 aliphatic heterocycles. The summed E-state index contributed by atoms with van der Waals surface area (Å²) in [5, 5.41) is 19.4. The highest BCUT2D eigenvalue weighted by molar-refractivity contribution is 7.46. The molecule has 13 N–H and O–H groups in total. The van der Waals surface area contributed by atoms with Gasteiger partial charge in [-0.3, -0.25) is 33.5 Å². The number of guanidine groups is 1. The van der Waals surface area contributed by atoms with Crippen molar-refractivity contribution in [3.8, 4) is 0 Å². The summed E-state index contributed by atoms with van der Waals surface area (Å²) in [6.45, 7) is 1.90. The number of phosphoric ester groups is 1. The summed E-state index contributed by atoms with van der Waals surface area (Å²) in [4.78, 5) is 102. The van der Waals surface area contributed by atoms with Crippen LogP contribution in [0.1, 0.15) is 45.1 Å². The van der Waals surface area contributed by atoms with Crippen LogP contribution < -0.4 is 38.5 Å². The number of nitrogens with one attached hydrogen (secondary N) is 4. The first kappa shape index (κ1) is 43.7. The number of carbonyl (C=O) groups excluding carboxylic acids is 6. The third kappa shape index (κ3) is 14.6. The first-order valence-electron chi connectivity index (χ1n) is 16.6. The Morgan fingerprint density at radius 3 is 2.25 bits per heavy atom. The van der Waals surface area contributed by atoms with E-state index in [4.69, 9.17) is 17.2 Å². The molecule has 0 saturated carbocycles. The van der Waals surface area contributed by atoms with E-state index in [-0.39, 0.29) is 38.3 Å². The van der Waals surface area contributed by atoms with Gasteiger partial charge in [-0.05, 0) is 37.2 Å². The van der Waals surface area contributed by atoms with Gasteiger partial charge in [-0.15, -0.1) is 0 Å². The van der Waals surface area contributed by atoms with Gasteiger partial charge in [0.05, 0.1) is 19.3 Å². The number of benzene rings is 1. The molecule has 52 heavy (non-hydrogen) atoms. The molecule has 5 amide bonds. The summed E-state index contributed by atoms with van der Waals surface area (Å²) in [6.07, 6.45) is 1.27. The molecule has 0 spiro atoms. The number of phosphoric acid groups is 1. The Labute approximate surface area is 300 Å². The Morgan fingerprint density at radius 1 is 1.02 bits per heavy atom. The number of aldehydes is 1. The third-order valence-electron chi connectivity index (χ3n) is 8.02. The molecular weight excluding hydrogens is 705 g/mol. The Hall–Kier alpha value is -4.46. The number of aliphatic imine (C=N–C) groups is 1. The van der Waals surface area contributed by atoms with Crippen molar-refractivity contribution in [1.82, 2.24) is 26.2 Å². The molecule has 6 atom stereocenters. The molecule has 0 aromatic heterocycles. The highest BCUT2D eigenvalue weighted by Crippen LogP contribution is 2.36. The molecule has 1 aromatic carbocycles. The maximum atomic E-state index is 13.7. The second kappa shape index (κ2) is 21.2. The molecule has 1 saturated heterocycles. The SMILES string of the molecule is CC(C)[C@H](NC(=O)[C@@H]1CCCN1C(=O)[C@H](COP(=O)(O)O)NC(=O)[C@@H](N)CCCN=C(N)N)C(=O)N[C@@H](Cc1ccccc1)C(=O)N[C@H](C=O)CO. The number of hydrogen-bond donors (Lipinski definition) is 10. The van der Waals surface area contributed by atoms with Crippen LogP contribution in [0.2, 0.25) is 0 Å². The molecular formula is C31H50N9O11P. The summed E-state index contributed by atoms with van der Waals surface area (Å²) in [5.74, 6) is -4.60. The molecule has 0 bridgehead atoms. The Bertz CT molecular complexity index is 1460. The third-order valence-corrected chi connectivity index (χ3v) is 8.50. The van der Waals surface area contributed by atoms with Crippen LogP contribution >= 0.6 is 7.82 Å². The van der Waals surface area contributed by atoms with Crippen LogP contribution in [0, 0.1) is 5.92 Å². The number of hydrogen-bond acceptors (Lipinski definition) is 11. The van der Waals surface area contributed by atoms with E-state index >= 15 is 0 Å². The summed E-state index contributed by atoms with van der Waals surface area (Å²) in [5.41, 5.74) is 17.2. The zero-order chi connectivity index (χ0) is 39.0. The quantitative estimate of drug-likeness (QED) is 0.0191. The first-order valence-corrected chi connectivity index (χ1v) is 18.1. The van der Waals surface area contributed by atoms with Gasteiger partial charge in [0.2, 0.25) is 29.5 Å². The van der Waals surface area contributed by atoms with E-state index in [9.17, 15) is 48.2 Å². The topological polar surface area (TPSA) is 331 Å². The monoisotopic (exact) mass is 755 g/mol. The van der Waals surface area contributed by atoms with Gasteiger partial charge in [0.1, 0.15) is 36.5 Å². The average Bonchev–Trinajstić information content (AvgIpc) is 3.59. The summed E-state index contributed by atoms with van der Waals surface area (Å²) in [7, 11) is -5.09. The van der Waals surface area contributed by atoms with Crippen LogP contribution in [0.5, 0.6) is 0 Å². The number of aliphatic hydroxyl groups is 1. The minimum atomic E-state index is -5.09. The highest BCUT2D eigenvalue weighted by atomic mass is 31.2. The Kier molecular flexibility index (Phi) is 17.8. The lowest BCUT2D eigenvalue weighted by molar-refractivity contribution is -0.143. The molecule has 2 rings (SSSR count). The van der Waals surface area contributed by atoms with Crippen LogP contribution in [0.4, 0.5) is 0 Å². The number of likely N-dealkylation sites (tertiary alicyclic amines) is 1. The van der Waals surface area contributed by atoms with Gasteiger partial charge in [-0.2, -0.15) is 0 Å². The maximum Gasteiger partial charge on any atom is 0.469 e. The molecule has 0 unspecified atom stereocenters. The fraction of sp³-hybridized carbons (Fsp3) is 0.581. The lowest BCUT2D eigenvalue weighted by Gasteiger charge is -2.31. The molecule has 1 aromatic rings. The van der Waals surface area contributed by atoms with Crippen molar-refractivity contribution in [3.05, 3.63) is 35.9 Å². The van der Waals surface area contributed by atoms with Crippen molar-refractivity contribution in [1.29, 1.82) is 0 Å². The smallest absolute Gasteiger partial charge is 0.394 e. The molecule has 21 heteroatoms.